The standard InChI is InChI=1S/C31H45F3N2O5/c1-8-9-14-25-35-19-24(29(39-7)40-20(2)38-6)36(25)27(31(32,33)34)23-17-15-22(16-18-23)26(21-12-10-11-13-21)28(37)41-30(3,4)5/h15-21,26-27,29H,8-14H2,1-7H3. The molecule has 0 amide bonds. The Kier molecular flexibility index (Phi) is 11.4. The van der Waals surface area contributed by atoms with Crippen LogP contribution < -0.4 is 0 Å². The van der Waals surface area contributed by atoms with Crippen molar-refractivity contribution in [1.29, 1.82) is 0 Å². The van der Waals surface area contributed by atoms with E-state index in [-0.39, 0.29) is 23.1 Å². The van der Waals surface area contributed by atoms with Crippen LogP contribution in [-0.4, -0.2) is 47.8 Å². The summed E-state index contributed by atoms with van der Waals surface area (Å²) in [5.41, 5.74) is 0.177. The average molecular weight is 583 g/mol. The molecule has 0 saturated heterocycles. The summed E-state index contributed by atoms with van der Waals surface area (Å²) >= 11 is 0. The van der Waals surface area contributed by atoms with Crippen molar-refractivity contribution < 1.29 is 36.9 Å². The number of hydrogen-bond donors (Lipinski definition) is 0. The molecule has 1 fully saturated rings. The number of alkyl halides is 3. The second-order valence-corrected chi connectivity index (χ2v) is 11.7. The van der Waals surface area contributed by atoms with E-state index in [4.69, 9.17) is 18.9 Å². The van der Waals surface area contributed by atoms with E-state index in [0.717, 1.165) is 32.1 Å². The van der Waals surface area contributed by atoms with Gasteiger partial charge in [0.1, 0.15) is 11.4 Å². The van der Waals surface area contributed by atoms with Crippen LogP contribution in [0, 0.1) is 5.92 Å². The number of rotatable bonds is 13. The lowest BCUT2D eigenvalue weighted by Gasteiger charge is -2.30. The van der Waals surface area contributed by atoms with Crippen molar-refractivity contribution in [1.82, 2.24) is 9.55 Å². The quantitative estimate of drug-likeness (QED) is 0.179. The molecule has 1 aromatic heterocycles. The van der Waals surface area contributed by atoms with Gasteiger partial charge in [-0.25, -0.2) is 4.98 Å². The molecule has 0 spiro atoms. The number of aryl methyl sites for hydroxylation is 1. The molecule has 0 aliphatic heterocycles. The number of ether oxygens (including phenoxy) is 4. The van der Waals surface area contributed by atoms with E-state index in [1.54, 1.807) is 19.1 Å². The van der Waals surface area contributed by atoms with Gasteiger partial charge in [-0.3, -0.25) is 4.79 Å². The Bertz CT molecular complexity index is 1100. The molecule has 1 aromatic carbocycles. The summed E-state index contributed by atoms with van der Waals surface area (Å²) in [6.07, 6.45) is 0.522. The smallest absolute Gasteiger partial charge is 0.413 e. The van der Waals surface area contributed by atoms with Gasteiger partial charge in [-0.1, -0.05) is 50.5 Å². The van der Waals surface area contributed by atoms with E-state index in [0.29, 0.717) is 24.2 Å². The van der Waals surface area contributed by atoms with Crippen LogP contribution in [0.3, 0.4) is 0 Å². The van der Waals surface area contributed by atoms with Crippen LogP contribution in [0.4, 0.5) is 13.2 Å². The van der Waals surface area contributed by atoms with Crippen molar-refractivity contribution in [2.45, 2.75) is 116 Å². The number of methoxy groups -OCH3 is 2. The Balaban J connectivity index is 2.08. The number of hydrogen-bond acceptors (Lipinski definition) is 6. The first-order chi connectivity index (χ1) is 19.3. The second-order valence-electron chi connectivity index (χ2n) is 11.7. The van der Waals surface area contributed by atoms with Gasteiger partial charge in [-0.05, 0) is 64.0 Å². The number of carbonyl (C=O) groups is 1. The highest BCUT2D eigenvalue weighted by molar-refractivity contribution is 5.79. The predicted octanol–water partition coefficient (Wildman–Crippen LogP) is 7.65. The van der Waals surface area contributed by atoms with Crippen LogP contribution in [0.5, 0.6) is 0 Å². The number of benzene rings is 1. The molecule has 2 aromatic rings. The van der Waals surface area contributed by atoms with E-state index < -0.39 is 36.3 Å². The minimum atomic E-state index is -4.65. The molecular formula is C31H45F3N2O5. The summed E-state index contributed by atoms with van der Waals surface area (Å²) in [4.78, 5) is 17.6. The molecule has 4 atom stereocenters. The highest BCUT2D eigenvalue weighted by Crippen LogP contribution is 2.42. The van der Waals surface area contributed by atoms with Crippen molar-refractivity contribution in [3.8, 4) is 0 Å². The maximum atomic E-state index is 14.9. The van der Waals surface area contributed by atoms with E-state index in [9.17, 15) is 18.0 Å². The maximum Gasteiger partial charge on any atom is 0.413 e. The van der Waals surface area contributed by atoms with Crippen LogP contribution in [-0.2, 0) is 30.2 Å². The lowest BCUT2D eigenvalue weighted by atomic mass is 9.84. The molecule has 1 heterocycles. The normalized spacial score (nSPS) is 17.8. The molecule has 0 radical (unpaired) electrons. The number of nitrogens with zero attached hydrogens (tertiary/aromatic N) is 2. The average Bonchev–Trinajstić information content (AvgIpc) is 3.56. The molecule has 0 N–H and O–H groups in total. The van der Waals surface area contributed by atoms with Crippen molar-refractivity contribution in [2.24, 2.45) is 5.92 Å². The van der Waals surface area contributed by atoms with Gasteiger partial charge in [0.05, 0.1) is 17.8 Å². The van der Waals surface area contributed by atoms with Crippen LogP contribution in [0.25, 0.3) is 0 Å². The van der Waals surface area contributed by atoms with Crippen LogP contribution in [0.2, 0.25) is 0 Å². The zero-order valence-electron chi connectivity index (χ0n) is 25.3. The van der Waals surface area contributed by atoms with Gasteiger partial charge in [0.15, 0.2) is 12.3 Å². The molecule has 41 heavy (non-hydrogen) atoms. The Morgan fingerprint density at radius 2 is 1.66 bits per heavy atom. The molecule has 1 aliphatic carbocycles. The molecular weight excluding hydrogens is 537 g/mol. The van der Waals surface area contributed by atoms with Gasteiger partial charge in [0, 0.05) is 20.6 Å². The van der Waals surface area contributed by atoms with Gasteiger partial charge in [-0.15, -0.1) is 0 Å². The summed E-state index contributed by atoms with van der Waals surface area (Å²) in [5, 5.41) is 0. The van der Waals surface area contributed by atoms with E-state index in [1.807, 2.05) is 27.7 Å². The zero-order valence-corrected chi connectivity index (χ0v) is 25.3. The minimum Gasteiger partial charge on any atom is -0.459 e. The number of aromatic nitrogens is 2. The van der Waals surface area contributed by atoms with Gasteiger partial charge in [-0.2, -0.15) is 13.2 Å². The van der Waals surface area contributed by atoms with Crippen molar-refractivity contribution in [3.63, 3.8) is 0 Å². The minimum absolute atomic E-state index is 0.0299. The molecule has 0 bridgehead atoms. The molecule has 1 saturated carbocycles. The number of halogens is 3. The van der Waals surface area contributed by atoms with E-state index in [1.165, 1.54) is 37.1 Å². The monoisotopic (exact) mass is 582 g/mol. The largest absolute Gasteiger partial charge is 0.459 e. The third-order valence-corrected chi connectivity index (χ3v) is 7.47. The van der Waals surface area contributed by atoms with Crippen molar-refractivity contribution >= 4 is 5.97 Å². The van der Waals surface area contributed by atoms with E-state index >= 15 is 0 Å². The number of carbonyl (C=O) groups excluding carboxylic acids is 1. The van der Waals surface area contributed by atoms with Gasteiger partial charge >= 0.3 is 12.1 Å². The Morgan fingerprint density at radius 1 is 1.05 bits per heavy atom. The first-order valence-corrected chi connectivity index (χ1v) is 14.5. The van der Waals surface area contributed by atoms with Crippen LogP contribution in [0.15, 0.2) is 30.5 Å². The number of esters is 1. The molecule has 10 heteroatoms. The zero-order chi connectivity index (χ0) is 30.4. The topological polar surface area (TPSA) is 71.8 Å². The second kappa shape index (κ2) is 14.2. The third kappa shape index (κ3) is 8.55. The summed E-state index contributed by atoms with van der Waals surface area (Å²) in [7, 11) is 2.81. The molecule has 230 valence electrons. The Labute approximate surface area is 241 Å². The van der Waals surface area contributed by atoms with Crippen molar-refractivity contribution in [3.05, 3.63) is 53.1 Å². The Hall–Kier alpha value is -2.43. The highest BCUT2D eigenvalue weighted by Gasteiger charge is 2.45. The molecule has 1 aliphatic rings. The van der Waals surface area contributed by atoms with Gasteiger partial charge in [0.2, 0.25) is 6.29 Å². The molecule has 4 unspecified atom stereocenters. The third-order valence-electron chi connectivity index (χ3n) is 7.47. The summed E-state index contributed by atoms with van der Waals surface area (Å²) in [5.74, 6) is -0.476. The highest BCUT2D eigenvalue weighted by atomic mass is 19.4. The summed E-state index contributed by atoms with van der Waals surface area (Å²) in [6.45, 7) is 9.06. The fraction of sp³-hybridized carbons (Fsp3) is 0.677. The predicted molar refractivity (Wildman–Crippen MR) is 149 cm³/mol. The summed E-state index contributed by atoms with van der Waals surface area (Å²) < 4.78 is 68.1. The van der Waals surface area contributed by atoms with E-state index in [2.05, 4.69) is 4.98 Å². The maximum absolute atomic E-state index is 14.9. The first kappa shape index (κ1) is 33.1. The number of imidazole rings is 1. The lowest BCUT2D eigenvalue weighted by molar-refractivity contribution is -0.230. The Morgan fingerprint density at radius 3 is 2.17 bits per heavy atom. The molecule has 3 rings (SSSR count). The SMILES string of the molecule is CCCCc1ncc(C(OC)OC(C)OC)n1C(c1ccc(C(C(=O)OC(C)(C)C)C2CCCC2)cc1)C(F)(F)F. The number of unbranched alkanes of at least 4 members (excludes halogenated alkanes) is 1. The lowest BCUT2D eigenvalue weighted by Crippen LogP contribution is -2.32. The fourth-order valence-corrected chi connectivity index (χ4v) is 5.51. The van der Waals surface area contributed by atoms with Gasteiger partial charge < -0.3 is 23.5 Å². The first-order valence-electron chi connectivity index (χ1n) is 14.5. The van der Waals surface area contributed by atoms with Crippen LogP contribution >= 0.6 is 0 Å². The molecule has 7 nitrogen and oxygen atoms in total. The fourth-order valence-electron chi connectivity index (χ4n) is 5.51. The summed E-state index contributed by atoms with van der Waals surface area (Å²) in [6, 6.07) is 4.18. The van der Waals surface area contributed by atoms with Gasteiger partial charge in [0.25, 0.3) is 0 Å². The van der Waals surface area contributed by atoms with Crippen LogP contribution in [0.1, 0.15) is 114 Å². The van der Waals surface area contributed by atoms with Crippen molar-refractivity contribution in [2.75, 3.05) is 14.2 Å².